The molecule has 0 unspecified atom stereocenters. The van der Waals surface area contributed by atoms with Gasteiger partial charge >= 0.3 is 0 Å². The predicted octanol–water partition coefficient (Wildman–Crippen LogP) is 2.05. The Kier molecular flexibility index (Phi) is 4.62. The standard InChI is InChI=1S/C13H15N3OS/c14-6-5-13-15-11-3-1-2-4-12(11)16(13)7-8-17-9-10-18/h1-4,18H,5,7-10H2. The summed E-state index contributed by atoms with van der Waals surface area (Å²) in [7, 11) is 0. The van der Waals surface area contributed by atoms with Crippen molar-refractivity contribution in [3.8, 4) is 6.07 Å². The van der Waals surface area contributed by atoms with Gasteiger partial charge in [-0.05, 0) is 12.1 Å². The molecule has 0 radical (unpaired) electrons. The highest BCUT2D eigenvalue weighted by atomic mass is 32.1. The molecule has 0 aliphatic rings. The highest BCUT2D eigenvalue weighted by Gasteiger charge is 2.09. The molecule has 0 saturated heterocycles. The Morgan fingerprint density at radius 1 is 1.33 bits per heavy atom. The van der Waals surface area contributed by atoms with Crippen LogP contribution in [0.4, 0.5) is 0 Å². The van der Waals surface area contributed by atoms with E-state index in [0.717, 1.165) is 22.6 Å². The molecule has 0 amide bonds. The number of nitriles is 1. The van der Waals surface area contributed by atoms with Crippen molar-refractivity contribution in [3.63, 3.8) is 0 Å². The smallest absolute Gasteiger partial charge is 0.124 e. The lowest BCUT2D eigenvalue weighted by atomic mass is 10.3. The van der Waals surface area contributed by atoms with Crippen molar-refractivity contribution in [3.05, 3.63) is 30.1 Å². The Bertz CT molecular complexity index is 559. The quantitative estimate of drug-likeness (QED) is 0.639. The summed E-state index contributed by atoms with van der Waals surface area (Å²) in [4.78, 5) is 4.47. The molecule has 0 fully saturated rings. The Balaban J connectivity index is 2.22. The molecule has 0 saturated carbocycles. The number of thiol groups is 1. The molecule has 18 heavy (non-hydrogen) atoms. The van der Waals surface area contributed by atoms with E-state index >= 15 is 0 Å². The number of aromatic nitrogens is 2. The van der Waals surface area contributed by atoms with Crippen molar-refractivity contribution in [1.82, 2.24) is 9.55 Å². The molecule has 1 aromatic carbocycles. The monoisotopic (exact) mass is 261 g/mol. The maximum absolute atomic E-state index is 8.83. The average molecular weight is 261 g/mol. The van der Waals surface area contributed by atoms with Gasteiger partial charge in [-0.2, -0.15) is 17.9 Å². The number of benzene rings is 1. The van der Waals surface area contributed by atoms with Gasteiger partial charge in [0.25, 0.3) is 0 Å². The number of fused-ring (bicyclic) bond motifs is 1. The van der Waals surface area contributed by atoms with Crippen LogP contribution in [-0.2, 0) is 17.7 Å². The molecule has 2 aromatic rings. The summed E-state index contributed by atoms with van der Waals surface area (Å²) in [6.45, 7) is 1.97. The maximum Gasteiger partial charge on any atom is 0.124 e. The molecule has 1 aromatic heterocycles. The van der Waals surface area contributed by atoms with E-state index in [9.17, 15) is 0 Å². The van der Waals surface area contributed by atoms with Gasteiger partial charge in [-0.25, -0.2) is 4.98 Å². The van der Waals surface area contributed by atoms with Crippen LogP contribution in [0.25, 0.3) is 11.0 Å². The SMILES string of the molecule is N#CCc1nc2ccccc2n1CCOCCS. The first-order valence-corrected chi connectivity index (χ1v) is 6.49. The van der Waals surface area contributed by atoms with Crippen LogP contribution in [0.15, 0.2) is 24.3 Å². The summed E-state index contributed by atoms with van der Waals surface area (Å²) in [5, 5.41) is 8.83. The lowest BCUT2D eigenvalue weighted by molar-refractivity contribution is 0.142. The first-order chi connectivity index (χ1) is 8.86. The number of ether oxygens (including phenoxy) is 1. The van der Waals surface area contributed by atoms with E-state index in [-0.39, 0.29) is 0 Å². The molecule has 0 atom stereocenters. The number of imidazole rings is 1. The number of rotatable bonds is 6. The number of para-hydroxylation sites is 2. The van der Waals surface area contributed by atoms with Gasteiger partial charge in [0.2, 0.25) is 0 Å². The molecule has 94 valence electrons. The summed E-state index contributed by atoms with van der Waals surface area (Å²) in [5.74, 6) is 1.52. The van der Waals surface area contributed by atoms with Crippen LogP contribution in [0.1, 0.15) is 5.82 Å². The normalized spacial score (nSPS) is 10.7. The van der Waals surface area contributed by atoms with Crippen LogP contribution in [-0.4, -0.2) is 28.5 Å². The molecule has 0 aliphatic carbocycles. The highest BCUT2D eigenvalue weighted by Crippen LogP contribution is 2.16. The van der Waals surface area contributed by atoms with Crippen LogP contribution >= 0.6 is 12.6 Å². The minimum absolute atomic E-state index is 0.321. The summed E-state index contributed by atoms with van der Waals surface area (Å²) >= 11 is 4.09. The fourth-order valence-electron chi connectivity index (χ4n) is 1.90. The Morgan fingerprint density at radius 3 is 2.94 bits per heavy atom. The maximum atomic E-state index is 8.83. The summed E-state index contributed by atoms with van der Waals surface area (Å²) < 4.78 is 7.48. The summed E-state index contributed by atoms with van der Waals surface area (Å²) in [5.41, 5.74) is 1.98. The van der Waals surface area contributed by atoms with Gasteiger partial charge in [0, 0.05) is 12.3 Å². The van der Waals surface area contributed by atoms with Gasteiger partial charge < -0.3 is 9.30 Å². The first-order valence-electron chi connectivity index (χ1n) is 5.86. The first kappa shape index (κ1) is 12.9. The van der Waals surface area contributed by atoms with E-state index in [4.69, 9.17) is 10.00 Å². The number of hydrogen-bond acceptors (Lipinski definition) is 4. The number of hydrogen-bond donors (Lipinski definition) is 1. The largest absolute Gasteiger partial charge is 0.379 e. The van der Waals surface area contributed by atoms with Crippen molar-refractivity contribution in [2.24, 2.45) is 0 Å². The third-order valence-corrected chi connectivity index (χ3v) is 2.85. The second-order valence-corrected chi connectivity index (χ2v) is 4.29. The van der Waals surface area contributed by atoms with E-state index in [1.807, 2.05) is 24.3 Å². The van der Waals surface area contributed by atoms with Crippen molar-refractivity contribution in [2.75, 3.05) is 19.0 Å². The third-order valence-electron chi connectivity index (χ3n) is 2.67. The van der Waals surface area contributed by atoms with E-state index in [1.165, 1.54) is 0 Å². The van der Waals surface area contributed by atoms with Crippen molar-refractivity contribution in [2.45, 2.75) is 13.0 Å². The van der Waals surface area contributed by atoms with Gasteiger partial charge in [-0.15, -0.1) is 0 Å². The second-order valence-electron chi connectivity index (χ2n) is 3.84. The average Bonchev–Trinajstić information content (AvgIpc) is 2.73. The molecule has 5 heteroatoms. The van der Waals surface area contributed by atoms with Crippen LogP contribution in [0.2, 0.25) is 0 Å². The fourth-order valence-corrected chi connectivity index (χ4v) is 2.03. The molecule has 0 aliphatic heterocycles. The van der Waals surface area contributed by atoms with E-state index in [2.05, 4.69) is 28.2 Å². The molecular formula is C13H15N3OS. The molecule has 2 rings (SSSR count). The van der Waals surface area contributed by atoms with Crippen molar-refractivity contribution >= 4 is 23.7 Å². The number of nitrogens with zero attached hydrogens (tertiary/aromatic N) is 3. The van der Waals surface area contributed by atoms with E-state index in [1.54, 1.807) is 0 Å². The van der Waals surface area contributed by atoms with Crippen LogP contribution in [0.3, 0.4) is 0 Å². The lowest BCUT2D eigenvalue weighted by Gasteiger charge is -2.07. The molecule has 0 spiro atoms. The third kappa shape index (κ3) is 2.84. The van der Waals surface area contributed by atoms with Gasteiger partial charge in [-0.3, -0.25) is 0 Å². The fraction of sp³-hybridized carbons (Fsp3) is 0.385. The van der Waals surface area contributed by atoms with Gasteiger partial charge in [0.1, 0.15) is 5.82 Å². The van der Waals surface area contributed by atoms with Gasteiger partial charge in [0.15, 0.2) is 0 Å². The predicted molar refractivity (Wildman–Crippen MR) is 73.7 cm³/mol. The molecule has 4 nitrogen and oxygen atoms in total. The van der Waals surface area contributed by atoms with E-state index < -0.39 is 0 Å². The Hall–Kier alpha value is -1.51. The zero-order chi connectivity index (χ0) is 12.8. The highest BCUT2D eigenvalue weighted by molar-refractivity contribution is 7.80. The van der Waals surface area contributed by atoms with Crippen LogP contribution in [0.5, 0.6) is 0 Å². The van der Waals surface area contributed by atoms with Crippen LogP contribution in [0, 0.1) is 11.3 Å². The zero-order valence-electron chi connectivity index (χ0n) is 10.0. The summed E-state index contributed by atoms with van der Waals surface area (Å²) in [6, 6.07) is 10.1. The lowest BCUT2D eigenvalue weighted by Crippen LogP contribution is -2.10. The van der Waals surface area contributed by atoms with Crippen molar-refractivity contribution < 1.29 is 4.74 Å². The summed E-state index contributed by atoms with van der Waals surface area (Å²) in [6.07, 6.45) is 0.321. The molecule has 0 N–H and O–H groups in total. The topological polar surface area (TPSA) is 50.8 Å². The molecule has 1 heterocycles. The van der Waals surface area contributed by atoms with Gasteiger partial charge in [-0.1, -0.05) is 12.1 Å². The van der Waals surface area contributed by atoms with Crippen molar-refractivity contribution in [1.29, 1.82) is 5.26 Å². The second kappa shape index (κ2) is 6.43. The Labute approximate surface area is 112 Å². The Morgan fingerprint density at radius 2 is 2.17 bits per heavy atom. The molecule has 0 bridgehead atoms. The zero-order valence-corrected chi connectivity index (χ0v) is 10.9. The molecular weight excluding hydrogens is 246 g/mol. The van der Waals surface area contributed by atoms with Gasteiger partial charge in [0.05, 0.1) is 36.7 Å². The van der Waals surface area contributed by atoms with E-state index in [0.29, 0.717) is 26.2 Å². The minimum Gasteiger partial charge on any atom is -0.379 e. The minimum atomic E-state index is 0.321. The van der Waals surface area contributed by atoms with Crippen LogP contribution < -0.4 is 0 Å².